The average molecular weight is 333 g/mol. The van der Waals surface area contributed by atoms with E-state index in [2.05, 4.69) is 9.71 Å². The SMILES string of the molecule is O=S(=O)(Cl)c1ccc(NS(=O)(=O)c2cccnc2)cc1. The van der Waals surface area contributed by atoms with Gasteiger partial charge in [-0.2, -0.15) is 0 Å². The van der Waals surface area contributed by atoms with Gasteiger partial charge in [0, 0.05) is 28.8 Å². The van der Waals surface area contributed by atoms with E-state index in [4.69, 9.17) is 10.7 Å². The molecule has 0 unspecified atom stereocenters. The molecule has 0 aliphatic heterocycles. The molecule has 0 amide bonds. The van der Waals surface area contributed by atoms with Crippen LogP contribution in [0.25, 0.3) is 0 Å². The van der Waals surface area contributed by atoms with Crippen LogP contribution in [0.1, 0.15) is 0 Å². The van der Waals surface area contributed by atoms with E-state index in [-0.39, 0.29) is 15.5 Å². The molecule has 1 aromatic heterocycles. The number of sulfonamides is 1. The monoisotopic (exact) mass is 332 g/mol. The molecule has 6 nitrogen and oxygen atoms in total. The molecule has 0 spiro atoms. The van der Waals surface area contributed by atoms with E-state index in [1.807, 2.05) is 0 Å². The largest absolute Gasteiger partial charge is 0.280 e. The van der Waals surface area contributed by atoms with Crippen LogP contribution in [0.15, 0.2) is 58.6 Å². The fourth-order valence-electron chi connectivity index (χ4n) is 1.41. The minimum absolute atomic E-state index is 0.00837. The Hall–Kier alpha value is -1.64. The molecule has 9 heteroatoms. The number of anilines is 1. The van der Waals surface area contributed by atoms with Crippen LogP contribution < -0.4 is 4.72 Å². The Morgan fingerprint density at radius 2 is 1.60 bits per heavy atom. The first-order chi connectivity index (χ1) is 9.29. The Labute approximate surface area is 120 Å². The smallest absolute Gasteiger partial charge is 0.263 e. The summed E-state index contributed by atoms with van der Waals surface area (Å²) in [6, 6.07) is 7.93. The molecular formula is C11H9ClN2O4S2. The zero-order chi connectivity index (χ0) is 14.8. The predicted octanol–water partition coefficient (Wildman–Crippen LogP) is 1.81. The van der Waals surface area contributed by atoms with Crippen molar-refractivity contribution in [2.45, 2.75) is 9.79 Å². The van der Waals surface area contributed by atoms with E-state index >= 15 is 0 Å². The Bertz CT molecular complexity index is 803. The third kappa shape index (κ3) is 3.47. The lowest BCUT2D eigenvalue weighted by Gasteiger charge is -2.07. The highest BCUT2D eigenvalue weighted by molar-refractivity contribution is 8.13. The van der Waals surface area contributed by atoms with Crippen LogP contribution in [-0.4, -0.2) is 21.8 Å². The van der Waals surface area contributed by atoms with E-state index in [1.165, 1.54) is 48.8 Å². The summed E-state index contributed by atoms with van der Waals surface area (Å²) in [7, 11) is -2.42. The summed E-state index contributed by atoms with van der Waals surface area (Å²) in [6.07, 6.45) is 2.67. The highest BCUT2D eigenvalue weighted by atomic mass is 35.7. The van der Waals surface area contributed by atoms with Crippen LogP contribution >= 0.6 is 10.7 Å². The van der Waals surface area contributed by atoms with Crippen LogP contribution in [0.5, 0.6) is 0 Å². The summed E-state index contributed by atoms with van der Waals surface area (Å²) in [5, 5.41) is 0. The van der Waals surface area contributed by atoms with Crippen molar-refractivity contribution < 1.29 is 16.8 Å². The Kier molecular flexibility index (Phi) is 3.98. The zero-order valence-electron chi connectivity index (χ0n) is 9.89. The van der Waals surface area contributed by atoms with Gasteiger partial charge in [-0.25, -0.2) is 16.8 Å². The third-order valence-corrected chi connectivity index (χ3v) is 5.07. The summed E-state index contributed by atoms with van der Waals surface area (Å²) in [5.74, 6) is 0. The molecule has 1 N–H and O–H groups in total. The van der Waals surface area contributed by atoms with Gasteiger partial charge in [0.2, 0.25) is 0 Å². The molecule has 1 heterocycles. The Morgan fingerprint density at radius 3 is 2.10 bits per heavy atom. The lowest BCUT2D eigenvalue weighted by atomic mass is 10.3. The van der Waals surface area contributed by atoms with E-state index < -0.39 is 19.1 Å². The van der Waals surface area contributed by atoms with Gasteiger partial charge in [0.25, 0.3) is 19.1 Å². The van der Waals surface area contributed by atoms with E-state index in [9.17, 15) is 16.8 Å². The predicted molar refractivity (Wildman–Crippen MR) is 74.5 cm³/mol. The minimum atomic E-state index is -3.83. The molecule has 1 aromatic carbocycles. The number of aromatic nitrogens is 1. The molecule has 0 aliphatic carbocycles. The molecule has 0 saturated heterocycles. The van der Waals surface area contributed by atoms with Crippen molar-refractivity contribution in [2.24, 2.45) is 0 Å². The maximum Gasteiger partial charge on any atom is 0.263 e. The summed E-state index contributed by atoms with van der Waals surface area (Å²) in [4.78, 5) is 3.62. The summed E-state index contributed by atoms with van der Waals surface area (Å²) >= 11 is 0. The first kappa shape index (κ1) is 14.8. The van der Waals surface area contributed by atoms with Gasteiger partial charge in [-0.1, -0.05) is 0 Å². The van der Waals surface area contributed by atoms with Crippen molar-refractivity contribution in [2.75, 3.05) is 4.72 Å². The van der Waals surface area contributed by atoms with E-state index in [0.717, 1.165) is 0 Å². The van der Waals surface area contributed by atoms with E-state index in [1.54, 1.807) is 0 Å². The first-order valence-electron chi connectivity index (χ1n) is 5.27. The number of benzene rings is 1. The van der Waals surface area contributed by atoms with Gasteiger partial charge < -0.3 is 0 Å². The minimum Gasteiger partial charge on any atom is -0.280 e. The summed E-state index contributed by atoms with van der Waals surface area (Å²) in [6.45, 7) is 0. The van der Waals surface area contributed by atoms with Gasteiger partial charge in [0.1, 0.15) is 4.90 Å². The van der Waals surface area contributed by atoms with Crippen LogP contribution in [-0.2, 0) is 19.1 Å². The molecular weight excluding hydrogens is 324 g/mol. The van der Waals surface area contributed by atoms with Gasteiger partial charge in [-0.15, -0.1) is 0 Å². The maximum absolute atomic E-state index is 12.0. The first-order valence-corrected chi connectivity index (χ1v) is 9.06. The number of halogens is 1. The fourth-order valence-corrected chi connectivity index (χ4v) is 3.20. The average Bonchev–Trinajstić information content (AvgIpc) is 2.39. The molecule has 0 atom stereocenters. The normalized spacial score (nSPS) is 12.1. The number of hydrogen-bond donors (Lipinski definition) is 1. The number of rotatable bonds is 4. The maximum atomic E-state index is 12.0. The van der Waals surface area contributed by atoms with Gasteiger partial charge in [-0.3, -0.25) is 9.71 Å². The molecule has 0 aliphatic rings. The van der Waals surface area contributed by atoms with Gasteiger partial charge in [-0.05, 0) is 36.4 Å². The quantitative estimate of drug-likeness (QED) is 0.862. The van der Waals surface area contributed by atoms with Crippen LogP contribution in [0.2, 0.25) is 0 Å². The Morgan fingerprint density at radius 1 is 0.950 bits per heavy atom. The van der Waals surface area contributed by atoms with Gasteiger partial charge in [0.05, 0.1) is 4.90 Å². The molecule has 2 rings (SSSR count). The van der Waals surface area contributed by atoms with Crippen LogP contribution in [0.4, 0.5) is 5.69 Å². The lowest BCUT2D eigenvalue weighted by Crippen LogP contribution is -2.13. The molecule has 0 fully saturated rings. The molecule has 0 bridgehead atoms. The van der Waals surface area contributed by atoms with Crippen molar-refractivity contribution in [1.82, 2.24) is 4.98 Å². The molecule has 0 saturated carbocycles. The number of nitrogens with zero attached hydrogens (tertiary/aromatic N) is 1. The van der Waals surface area contributed by atoms with Gasteiger partial charge >= 0.3 is 0 Å². The van der Waals surface area contributed by atoms with Crippen molar-refractivity contribution >= 4 is 35.4 Å². The molecule has 0 radical (unpaired) electrons. The van der Waals surface area contributed by atoms with E-state index in [0.29, 0.717) is 0 Å². The standard InChI is InChI=1S/C11H9ClN2O4S2/c12-19(15,16)10-5-3-9(4-6-10)14-20(17,18)11-2-1-7-13-8-11/h1-8,14H. The summed E-state index contributed by atoms with van der Waals surface area (Å²) in [5.41, 5.74) is 0.220. The number of hydrogen-bond acceptors (Lipinski definition) is 5. The van der Waals surface area contributed by atoms with Gasteiger partial charge in [0.15, 0.2) is 0 Å². The second-order valence-electron chi connectivity index (χ2n) is 3.76. The molecule has 106 valence electrons. The fraction of sp³-hybridized carbons (Fsp3) is 0. The topological polar surface area (TPSA) is 93.2 Å². The second-order valence-corrected chi connectivity index (χ2v) is 8.00. The lowest BCUT2D eigenvalue weighted by molar-refractivity contribution is 0.600. The van der Waals surface area contributed by atoms with Crippen LogP contribution in [0.3, 0.4) is 0 Å². The summed E-state index contributed by atoms with van der Waals surface area (Å²) < 4.78 is 48.4. The number of nitrogens with one attached hydrogen (secondary N) is 1. The van der Waals surface area contributed by atoms with Crippen molar-refractivity contribution in [3.8, 4) is 0 Å². The molecule has 20 heavy (non-hydrogen) atoms. The van der Waals surface area contributed by atoms with Crippen LogP contribution in [0, 0.1) is 0 Å². The highest BCUT2D eigenvalue weighted by Gasteiger charge is 2.15. The second kappa shape index (κ2) is 5.39. The molecule has 2 aromatic rings. The highest BCUT2D eigenvalue weighted by Crippen LogP contribution is 2.20. The number of pyridine rings is 1. The van der Waals surface area contributed by atoms with Crippen molar-refractivity contribution in [1.29, 1.82) is 0 Å². The third-order valence-electron chi connectivity index (χ3n) is 2.33. The zero-order valence-corrected chi connectivity index (χ0v) is 12.3. The van der Waals surface area contributed by atoms with Crippen molar-refractivity contribution in [3.63, 3.8) is 0 Å². The van der Waals surface area contributed by atoms with Crippen molar-refractivity contribution in [3.05, 3.63) is 48.8 Å². The Balaban J connectivity index is 2.27.